The van der Waals surface area contributed by atoms with Crippen molar-refractivity contribution in [3.05, 3.63) is 22.2 Å². The Balaban J connectivity index is 2.25. The SMILES string of the molecule is CC(C)c1nc(N2CCCC(C(F)(F)F)C2)cc(=O)[nH]1. The van der Waals surface area contributed by atoms with E-state index < -0.39 is 12.1 Å². The first-order chi connectivity index (χ1) is 9.27. The van der Waals surface area contributed by atoms with E-state index in [-0.39, 0.29) is 24.4 Å². The van der Waals surface area contributed by atoms with E-state index in [9.17, 15) is 18.0 Å². The molecule has 0 saturated carbocycles. The summed E-state index contributed by atoms with van der Waals surface area (Å²) in [6.45, 7) is 4.12. The van der Waals surface area contributed by atoms with Gasteiger partial charge in [0.05, 0.1) is 5.92 Å². The van der Waals surface area contributed by atoms with Crippen LogP contribution in [0.5, 0.6) is 0 Å². The summed E-state index contributed by atoms with van der Waals surface area (Å²) in [5.41, 5.74) is -0.326. The van der Waals surface area contributed by atoms with Gasteiger partial charge in [-0.15, -0.1) is 0 Å². The van der Waals surface area contributed by atoms with Crippen LogP contribution < -0.4 is 10.5 Å². The number of aromatic amines is 1. The molecule has 0 bridgehead atoms. The van der Waals surface area contributed by atoms with Gasteiger partial charge >= 0.3 is 6.18 Å². The molecule has 2 rings (SSSR count). The van der Waals surface area contributed by atoms with Gasteiger partial charge in [-0.3, -0.25) is 4.79 Å². The number of H-pyrrole nitrogens is 1. The number of hydrogen-bond acceptors (Lipinski definition) is 3. The molecule has 1 aliphatic rings. The zero-order chi connectivity index (χ0) is 14.9. The number of hydrogen-bond donors (Lipinski definition) is 1. The van der Waals surface area contributed by atoms with Crippen molar-refractivity contribution in [2.75, 3.05) is 18.0 Å². The molecule has 1 unspecified atom stereocenters. The second-order valence-corrected chi connectivity index (χ2v) is 5.47. The third kappa shape index (κ3) is 3.32. The summed E-state index contributed by atoms with van der Waals surface area (Å²) in [7, 11) is 0. The number of rotatable bonds is 2. The van der Waals surface area contributed by atoms with E-state index >= 15 is 0 Å². The summed E-state index contributed by atoms with van der Waals surface area (Å²) in [5.74, 6) is -0.487. The molecular formula is C13H18F3N3O. The van der Waals surface area contributed by atoms with Gasteiger partial charge in [-0.05, 0) is 12.8 Å². The first kappa shape index (κ1) is 14.9. The van der Waals surface area contributed by atoms with Gasteiger partial charge in [-0.2, -0.15) is 13.2 Å². The number of nitrogens with zero attached hydrogens (tertiary/aromatic N) is 2. The Kier molecular flexibility index (Phi) is 4.06. The van der Waals surface area contributed by atoms with Gasteiger partial charge in [0.15, 0.2) is 0 Å². The molecule has 1 fully saturated rings. The minimum Gasteiger partial charge on any atom is -0.356 e. The first-order valence-corrected chi connectivity index (χ1v) is 6.70. The number of halogens is 3. The summed E-state index contributed by atoms with van der Waals surface area (Å²) in [4.78, 5) is 20.0. The summed E-state index contributed by atoms with van der Waals surface area (Å²) in [6.07, 6.45) is -3.60. The van der Waals surface area contributed by atoms with Crippen LogP contribution in [0.1, 0.15) is 38.4 Å². The molecule has 1 aliphatic heterocycles. The van der Waals surface area contributed by atoms with Crippen LogP contribution in [-0.2, 0) is 0 Å². The van der Waals surface area contributed by atoms with Crippen LogP contribution >= 0.6 is 0 Å². The Hall–Kier alpha value is -1.53. The van der Waals surface area contributed by atoms with Gasteiger partial charge < -0.3 is 9.88 Å². The molecule has 1 saturated heterocycles. The van der Waals surface area contributed by atoms with Gasteiger partial charge in [0.25, 0.3) is 5.56 Å². The van der Waals surface area contributed by atoms with Gasteiger partial charge in [0, 0.05) is 25.1 Å². The number of aromatic nitrogens is 2. The summed E-state index contributed by atoms with van der Waals surface area (Å²) in [6, 6.07) is 1.27. The van der Waals surface area contributed by atoms with Crippen LogP contribution in [0, 0.1) is 5.92 Å². The van der Waals surface area contributed by atoms with Crippen molar-refractivity contribution in [1.82, 2.24) is 9.97 Å². The highest BCUT2D eigenvalue weighted by Gasteiger charge is 2.42. The highest BCUT2D eigenvalue weighted by molar-refractivity contribution is 5.38. The molecule has 0 aliphatic carbocycles. The molecule has 1 atom stereocenters. The molecule has 1 N–H and O–H groups in total. The molecule has 2 heterocycles. The van der Waals surface area contributed by atoms with E-state index in [1.807, 2.05) is 13.8 Å². The maximum Gasteiger partial charge on any atom is 0.393 e. The molecule has 0 radical (unpaired) electrons. The van der Waals surface area contributed by atoms with Gasteiger partial charge in [-0.1, -0.05) is 13.8 Å². The average molecular weight is 289 g/mol. The predicted octanol–water partition coefficient (Wildman–Crippen LogP) is 2.67. The Morgan fingerprint density at radius 1 is 1.45 bits per heavy atom. The third-order valence-corrected chi connectivity index (χ3v) is 3.50. The molecule has 1 aromatic heterocycles. The second kappa shape index (κ2) is 5.46. The molecule has 1 aromatic rings. The summed E-state index contributed by atoms with van der Waals surface area (Å²) in [5, 5.41) is 0. The number of alkyl halides is 3. The Morgan fingerprint density at radius 2 is 2.15 bits per heavy atom. The monoisotopic (exact) mass is 289 g/mol. The molecule has 7 heteroatoms. The van der Waals surface area contributed by atoms with Gasteiger partial charge in [0.2, 0.25) is 0 Å². The third-order valence-electron chi connectivity index (χ3n) is 3.50. The largest absolute Gasteiger partial charge is 0.393 e. The van der Waals surface area contributed by atoms with Crippen LogP contribution in [0.15, 0.2) is 10.9 Å². The van der Waals surface area contributed by atoms with Crippen molar-refractivity contribution in [3.63, 3.8) is 0 Å². The molecule has 0 aromatic carbocycles. The lowest BCUT2D eigenvalue weighted by molar-refractivity contribution is -0.176. The van der Waals surface area contributed by atoms with Crippen molar-refractivity contribution in [2.45, 2.75) is 38.8 Å². The first-order valence-electron chi connectivity index (χ1n) is 6.70. The van der Waals surface area contributed by atoms with E-state index in [0.717, 1.165) is 0 Å². The molecule has 4 nitrogen and oxygen atoms in total. The van der Waals surface area contributed by atoms with Crippen LogP contribution in [0.4, 0.5) is 19.0 Å². The van der Waals surface area contributed by atoms with Crippen molar-refractivity contribution in [2.24, 2.45) is 5.92 Å². The van der Waals surface area contributed by atoms with E-state index in [1.165, 1.54) is 6.07 Å². The average Bonchev–Trinajstić information content (AvgIpc) is 2.37. The second-order valence-electron chi connectivity index (χ2n) is 5.47. The van der Waals surface area contributed by atoms with Crippen LogP contribution in [0.25, 0.3) is 0 Å². The van der Waals surface area contributed by atoms with E-state index in [4.69, 9.17) is 0 Å². The maximum atomic E-state index is 12.8. The quantitative estimate of drug-likeness (QED) is 0.910. The Bertz CT molecular complexity index is 524. The lowest BCUT2D eigenvalue weighted by Crippen LogP contribution is -2.42. The number of anilines is 1. The maximum absolute atomic E-state index is 12.8. The highest BCUT2D eigenvalue weighted by Crippen LogP contribution is 2.34. The predicted molar refractivity (Wildman–Crippen MR) is 69.9 cm³/mol. The number of piperidine rings is 1. The van der Waals surface area contributed by atoms with E-state index in [2.05, 4.69) is 9.97 Å². The topological polar surface area (TPSA) is 49.0 Å². The van der Waals surface area contributed by atoms with Crippen molar-refractivity contribution >= 4 is 5.82 Å². The van der Waals surface area contributed by atoms with Crippen LogP contribution in [0.2, 0.25) is 0 Å². The lowest BCUT2D eigenvalue weighted by atomic mass is 9.97. The van der Waals surface area contributed by atoms with E-state index in [0.29, 0.717) is 24.6 Å². The summed E-state index contributed by atoms with van der Waals surface area (Å²) < 4.78 is 38.4. The van der Waals surface area contributed by atoms with Crippen molar-refractivity contribution < 1.29 is 13.2 Å². The fourth-order valence-electron chi connectivity index (χ4n) is 2.35. The van der Waals surface area contributed by atoms with Crippen molar-refractivity contribution in [3.8, 4) is 0 Å². The molecule has 112 valence electrons. The lowest BCUT2D eigenvalue weighted by Gasteiger charge is -2.34. The zero-order valence-corrected chi connectivity index (χ0v) is 11.5. The molecule has 20 heavy (non-hydrogen) atoms. The van der Waals surface area contributed by atoms with Gasteiger partial charge in [-0.25, -0.2) is 4.98 Å². The Labute approximate surface area is 115 Å². The van der Waals surface area contributed by atoms with E-state index in [1.54, 1.807) is 4.90 Å². The standard InChI is InChI=1S/C13H18F3N3O/c1-8(2)12-17-10(6-11(20)18-12)19-5-3-4-9(7-19)13(14,15)16/h6,8-9H,3-5,7H2,1-2H3,(H,17,18,20). The normalized spacial score (nSPS) is 20.5. The van der Waals surface area contributed by atoms with Crippen molar-refractivity contribution in [1.29, 1.82) is 0 Å². The zero-order valence-electron chi connectivity index (χ0n) is 11.5. The fraction of sp³-hybridized carbons (Fsp3) is 0.692. The van der Waals surface area contributed by atoms with Crippen LogP contribution in [0.3, 0.4) is 0 Å². The minimum atomic E-state index is -4.19. The fourth-order valence-corrected chi connectivity index (χ4v) is 2.35. The smallest absolute Gasteiger partial charge is 0.356 e. The molecular weight excluding hydrogens is 271 g/mol. The minimum absolute atomic E-state index is 0.0193. The number of nitrogens with one attached hydrogen (secondary N) is 1. The molecule has 0 amide bonds. The van der Waals surface area contributed by atoms with Crippen LogP contribution in [-0.4, -0.2) is 29.2 Å². The Morgan fingerprint density at radius 3 is 2.75 bits per heavy atom. The summed E-state index contributed by atoms with van der Waals surface area (Å²) >= 11 is 0. The highest BCUT2D eigenvalue weighted by atomic mass is 19.4. The molecule has 0 spiro atoms. The van der Waals surface area contributed by atoms with Gasteiger partial charge in [0.1, 0.15) is 11.6 Å².